The monoisotopic (exact) mass is 396 g/mol. The molecule has 152 valence electrons. The van der Waals surface area contributed by atoms with Gasteiger partial charge in [0.15, 0.2) is 0 Å². The highest BCUT2D eigenvalue weighted by Crippen LogP contribution is 2.41. The van der Waals surface area contributed by atoms with Gasteiger partial charge in [0.2, 0.25) is 0 Å². The van der Waals surface area contributed by atoms with Crippen molar-refractivity contribution < 1.29 is 9.53 Å². The quantitative estimate of drug-likeness (QED) is 0.444. The van der Waals surface area contributed by atoms with Crippen molar-refractivity contribution in [2.75, 3.05) is 0 Å². The fourth-order valence-electron chi connectivity index (χ4n) is 5.15. The summed E-state index contributed by atoms with van der Waals surface area (Å²) in [6, 6.07) is 23.0. The van der Waals surface area contributed by atoms with Gasteiger partial charge in [-0.2, -0.15) is 0 Å². The normalized spacial score (nSPS) is 16.3. The Kier molecular flexibility index (Phi) is 5.40. The molecular weight excluding hydrogens is 368 g/mol. The summed E-state index contributed by atoms with van der Waals surface area (Å²) in [6.07, 6.45) is 8.82. The zero-order chi connectivity index (χ0) is 20.3. The van der Waals surface area contributed by atoms with Gasteiger partial charge in [-0.1, -0.05) is 67.1 Å². The molecular formula is C28H28O2. The van der Waals surface area contributed by atoms with Gasteiger partial charge in [-0.3, -0.25) is 0 Å². The summed E-state index contributed by atoms with van der Waals surface area (Å²) in [6.45, 7) is 0. The summed E-state index contributed by atoms with van der Waals surface area (Å²) in [7, 11) is 0. The summed E-state index contributed by atoms with van der Waals surface area (Å²) >= 11 is 0. The zero-order valence-corrected chi connectivity index (χ0v) is 17.4. The Morgan fingerprint density at radius 1 is 0.733 bits per heavy atom. The van der Waals surface area contributed by atoms with Gasteiger partial charge in [-0.05, 0) is 84.4 Å². The zero-order valence-electron chi connectivity index (χ0n) is 17.4. The second kappa shape index (κ2) is 8.47. The Morgan fingerprint density at radius 2 is 1.37 bits per heavy atom. The lowest BCUT2D eigenvalue weighted by molar-refractivity contribution is 0.0212. The van der Waals surface area contributed by atoms with Crippen LogP contribution in [0.2, 0.25) is 0 Å². The van der Waals surface area contributed by atoms with Gasteiger partial charge >= 0.3 is 5.97 Å². The summed E-state index contributed by atoms with van der Waals surface area (Å²) in [5.74, 6) is -0.160. The third-order valence-electron chi connectivity index (χ3n) is 6.60. The minimum Gasteiger partial charge on any atom is -0.459 e. The molecule has 0 heterocycles. The molecule has 1 fully saturated rings. The van der Waals surface area contributed by atoms with Gasteiger partial charge in [0.05, 0.1) is 5.56 Å². The van der Waals surface area contributed by atoms with Crippen LogP contribution in [-0.4, -0.2) is 12.1 Å². The van der Waals surface area contributed by atoms with E-state index in [0.717, 1.165) is 61.6 Å². The van der Waals surface area contributed by atoms with Crippen molar-refractivity contribution in [1.29, 1.82) is 0 Å². The van der Waals surface area contributed by atoms with Crippen LogP contribution in [0.1, 0.15) is 60.0 Å². The number of rotatable bonds is 4. The molecule has 0 bridgehead atoms. The van der Waals surface area contributed by atoms with Gasteiger partial charge in [0.25, 0.3) is 0 Å². The predicted octanol–water partition coefficient (Wildman–Crippen LogP) is 7.00. The van der Waals surface area contributed by atoms with Crippen LogP contribution in [-0.2, 0) is 17.6 Å². The minimum absolute atomic E-state index is 0.0586. The summed E-state index contributed by atoms with van der Waals surface area (Å²) in [4.78, 5) is 13.5. The highest BCUT2D eigenvalue weighted by Gasteiger charge is 2.28. The van der Waals surface area contributed by atoms with Crippen LogP contribution in [0.25, 0.3) is 22.3 Å². The van der Waals surface area contributed by atoms with Gasteiger partial charge in [-0.25, -0.2) is 4.79 Å². The number of hydrogen-bond donors (Lipinski definition) is 0. The molecule has 0 saturated heterocycles. The minimum atomic E-state index is -0.160. The van der Waals surface area contributed by atoms with E-state index in [-0.39, 0.29) is 12.1 Å². The van der Waals surface area contributed by atoms with Crippen molar-refractivity contribution >= 4 is 5.97 Å². The maximum atomic E-state index is 13.5. The first-order chi connectivity index (χ1) is 14.8. The van der Waals surface area contributed by atoms with E-state index in [4.69, 9.17) is 4.74 Å². The lowest BCUT2D eigenvalue weighted by Gasteiger charge is -2.24. The van der Waals surface area contributed by atoms with Gasteiger partial charge in [0, 0.05) is 0 Å². The first kappa shape index (κ1) is 19.1. The van der Waals surface area contributed by atoms with Crippen LogP contribution in [0, 0.1) is 0 Å². The van der Waals surface area contributed by atoms with Crippen molar-refractivity contribution in [1.82, 2.24) is 0 Å². The second-order valence-corrected chi connectivity index (χ2v) is 8.55. The van der Waals surface area contributed by atoms with Crippen LogP contribution >= 0.6 is 0 Å². The second-order valence-electron chi connectivity index (χ2n) is 8.55. The largest absolute Gasteiger partial charge is 0.459 e. The molecule has 2 nitrogen and oxygen atoms in total. The molecule has 3 aromatic rings. The molecule has 2 aliphatic rings. The summed E-state index contributed by atoms with van der Waals surface area (Å²) < 4.78 is 6.05. The fourth-order valence-corrected chi connectivity index (χ4v) is 5.15. The van der Waals surface area contributed by atoms with E-state index in [1.807, 2.05) is 12.1 Å². The molecule has 0 N–H and O–H groups in total. The van der Waals surface area contributed by atoms with Gasteiger partial charge in [-0.15, -0.1) is 0 Å². The van der Waals surface area contributed by atoms with Crippen molar-refractivity contribution in [2.45, 2.75) is 57.5 Å². The average Bonchev–Trinajstić information content (AvgIpc) is 3.29. The van der Waals surface area contributed by atoms with E-state index in [1.165, 1.54) is 28.7 Å². The lowest BCUT2D eigenvalue weighted by atomic mass is 9.86. The van der Waals surface area contributed by atoms with Gasteiger partial charge < -0.3 is 4.74 Å². The van der Waals surface area contributed by atoms with Crippen molar-refractivity contribution in [2.24, 2.45) is 0 Å². The van der Waals surface area contributed by atoms with Crippen LogP contribution in [0.3, 0.4) is 0 Å². The summed E-state index contributed by atoms with van der Waals surface area (Å²) in [5.41, 5.74) is 8.04. The number of fused-ring (bicyclic) bond motifs is 1. The predicted molar refractivity (Wildman–Crippen MR) is 122 cm³/mol. The number of ether oxygens (including phenoxy) is 1. The number of carbonyl (C=O) groups is 1. The molecule has 0 atom stereocenters. The van der Waals surface area contributed by atoms with Crippen molar-refractivity contribution in [3.05, 3.63) is 83.4 Å². The molecule has 1 saturated carbocycles. The van der Waals surface area contributed by atoms with Crippen LogP contribution in [0.4, 0.5) is 0 Å². The Bertz CT molecular complexity index is 1030. The first-order valence-electron chi connectivity index (χ1n) is 11.3. The first-order valence-corrected chi connectivity index (χ1v) is 11.3. The van der Waals surface area contributed by atoms with E-state index in [2.05, 4.69) is 54.6 Å². The smallest absolute Gasteiger partial charge is 0.339 e. The van der Waals surface area contributed by atoms with Crippen LogP contribution < -0.4 is 0 Å². The molecule has 2 aliphatic carbocycles. The number of carbonyl (C=O) groups excluding carboxylic acids is 1. The summed E-state index contributed by atoms with van der Waals surface area (Å²) in [5, 5.41) is 0. The maximum Gasteiger partial charge on any atom is 0.339 e. The molecule has 0 aliphatic heterocycles. The van der Waals surface area contributed by atoms with E-state index in [9.17, 15) is 4.79 Å². The highest BCUT2D eigenvalue weighted by atomic mass is 16.5. The SMILES string of the molecule is O=C(OC1CCCCC1)c1cc(-c2ccccc2)c2c(c1-c1ccccc1)CCC2. The molecule has 0 unspecified atom stereocenters. The Hall–Kier alpha value is -2.87. The molecule has 3 aromatic carbocycles. The van der Waals surface area contributed by atoms with Crippen LogP contribution in [0.15, 0.2) is 66.7 Å². The van der Waals surface area contributed by atoms with Crippen LogP contribution in [0.5, 0.6) is 0 Å². The number of esters is 1. The Morgan fingerprint density at radius 3 is 2.07 bits per heavy atom. The molecule has 0 spiro atoms. The third kappa shape index (κ3) is 3.67. The third-order valence-corrected chi connectivity index (χ3v) is 6.60. The molecule has 0 aromatic heterocycles. The van der Waals surface area contributed by atoms with E-state index in [1.54, 1.807) is 0 Å². The van der Waals surface area contributed by atoms with Crippen molar-refractivity contribution in [3.63, 3.8) is 0 Å². The molecule has 30 heavy (non-hydrogen) atoms. The number of benzene rings is 3. The molecule has 0 radical (unpaired) electrons. The van der Waals surface area contributed by atoms with E-state index < -0.39 is 0 Å². The lowest BCUT2D eigenvalue weighted by Crippen LogP contribution is -2.21. The molecule has 0 amide bonds. The molecule has 2 heteroatoms. The van der Waals surface area contributed by atoms with Crippen molar-refractivity contribution in [3.8, 4) is 22.3 Å². The molecule has 5 rings (SSSR count). The highest BCUT2D eigenvalue weighted by molar-refractivity contribution is 6.01. The maximum absolute atomic E-state index is 13.5. The number of hydrogen-bond acceptors (Lipinski definition) is 2. The fraction of sp³-hybridized carbons (Fsp3) is 0.321. The standard InChI is InChI=1S/C28H28O2/c29-28(30-22-15-8-3-9-16-22)26-19-25(20-11-4-1-5-12-20)23-17-10-18-24(23)27(26)21-13-6-2-7-14-21/h1-2,4-7,11-14,19,22H,3,8-10,15-18H2. The Labute approximate surface area is 178 Å². The van der Waals surface area contributed by atoms with Gasteiger partial charge in [0.1, 0.15) is 6.10 Å². The average molecular weight is 397 g/mol. The van der Waals surface area contributed by atoms with E-state index in [0.29, 0.717) is 0 Å². The van der Waals surface area contributed by atoms with E-state index >= 15 is 0 Å². The topological polar surface area (TPSA) is 26.3 Å². The Balaban J connectivity index is 1.66.